The molecule has 0 unspecified atom stereocenters. The Morgan fingerprint density at radius 3 is 1.81 bits per heavy atom. The van der Waals surface area contributed by atoms with Crippen molar-refractivity contribution in [3.63, 3.8) is 0 Å². The molecule has 0 fully saturated rings. The second kappa shape index (κ2) is 13.6. The average molecular weight is 753 g/mol. The molecular weight excluding hydrogens is 705 g/mol. The smallest absolute Gasteiger partial charge is 0.149 e. The fraction of sp³-hybridized carbons (Fsp3) is 0.182. The molecule has 8 aromatic carbocycles. The summed E-state index contributed by atoms with van der Waals surface area (Å²) in [5.41, 5.74) is 15.0. The molecule has 0 aliphatic carbocycles. The minimum absolute atomic E-state index is 0.132. The van der Waals surface area contributed by atoms with E-state index in [1.54, 1.807) is 0 Å². The summed E-state index contributed by atoms with van der Waals surface area (Å²) in [4.78, 5) is 5.42. The Bertz CT molecular complexity index is 3160. The molecule has 2 heterocycles. The molecule has 10 aromatic rings. The number of benzene rings is 8. The van der Waals surface area contributed by atoms with Crippen LogP contribution in [-0.4, -0.2) is 9.55 Å². The highest BCUT2D eigenvalue weighted by molar-refractivity contribution is 6.17. The number of hydrogen-bond donors (Lipinski definition) is 0. The van der Waals surface area contributed by atoms with Crippen molar-refractivity contribution in [3.05, 3.63) is 168 Å². The lowest BCUT2D eigenvalue weighted by Gasteiger charge is -2.24. The summed E-state index contributed by atoms with van der Waals surface area (Å²) < 4.78 is 9.34. The van der Waals surface area contributed by atoms with Gasteiger partial charge >= 0.3 is 0 Å². The highest BCUT2D eigenvalue weighted by Gasteiger charge is 2.26. The molecule has 10 rings (SSSR count). The van der Waals surface area contributed by atoms with Crippen molar-refractivity contribution < 1.29 is 4.42 Å². The van der Waals surface area contributed by atoms with Gasteiger partial charge in [0.15, 0.2) is 0 Å². The molecule has 0 spiro atoms. The molecular formula is C55H48N2O. The van der Waals surface area contributed by atoms with Crippen molar-refractivity contribution in [2.75, 3.05) is 0 Å². The van der Waals surface area contributed by atoms with Gasteiger partial charge in [-0.1, -0.05) is 158 Å². The van der Waals surface area contributed by atoms with Gasteiger partial charge in [0.05, 0.1) is 22.3 Å². The number of imidazole rings is 1. The molecule has 0 atom stereocenters. The van der Waals surface area contributed by atoms with Crippen LogP contribution in [0.5, 0.6) is 0 Å². The lowest BCUT2D eigenvalue weighted by atomic mass is 9.86. The minimum atomic E-state index is 0.132. The molecule has 0 bridgehead atoms. The zero-order valence-corrected chi connectivity index (χ0v) is 34.4. The topological polar surface area (TPSA) is 31.0 Å². The molecule has 0 saturated heterocycles. The van der Waals surface area contributed by atoms with Gasteiger partial charge in [-0.25, -0.2) is 4.98 Å². The van der Waals surface area contributed by atoms with Gasteiger partial charge in [0.25, 0.3) is 0 Å². The van der Waals surface area contributed by atoms with Crippen LogP contribution in [0.3, 0.4) is 0 Å². The molecule has 0 radical (unpaired) electrons. The van der Waals surface area contributed by atoms with E-state index in [-0.39, 0.29) is 17.3 Å². The summed E-state index contributed by atoms with van der Waals surface area (Å²) >= 11 is 0. The molecule has 0 N–H and O–H groups in total. The van der Waals surface area contributed by atoms with E-state index in [0.29, 0.717) is 0 Å². The van der Waals surface area contributed by atoms with E-state index in [4.69, 9.17) is 9.40 Å². The maximum Gasteiger partial charge on any atom is 0.149 e. The Kier molecular flexibility index (Phi) is 8.42. The van der Waals surface area contributed by atoms with E-state index < -0.39 is 0 Å². The van der Waals surface area contributed by atoms with Crippen molar-refractivity contribution in [2.24, 2.45) is 0 Å². The third-order valence-corrected chi connectivity index (χ3v) is 12.1. The van der Waals surface area contributed by atoms with Crippen LogP contribution in [0.2, 0.25) is 0 Å². The zero-order chi connectivity index (χ0) is 39.9. The average Bonchev–Trinajstić information content (AvgIpc) is 3.80. The van der Waals surface area contributed by atoms with Crippen LogP contribution in [0.25, 0.3) is 93.8 Å². The number of furan rings is 1. The predicted molar refractivity (Wildman–Crippen MR) is 247 cm³/mol. The summed E-state index contributed by atoms with van der Waals surface area (Å²) in [6.45, 7) is 16.0. The molecule has 0 aliphatic rings. The van der Waals surface area contributed by atoms with E-state index in [2.05, 4.69) is 205 Å². The van der Waals surface area contributed by atoms with Gasteiger partial charge in [-0.05, 0) is 120 Å². The second-order valence-electron chi connectivity index (χ2n) is 17.6. The maximum atomic E-state index is 6.92. The van der Waals surface area contributed by atoms with Crippen LogP contribution in [0, 0.1) is 0 Å². The van der Waals surface area contributed by atoms with Gasteiger partial charge in [-0.15, -0.1) is 0 Å². The molecule has 284 valence electrons. The van der Waals surface area contributed by atoms with Crippen molar-refractivity contribution in [1.29, 1.82) is 0 Å². The lowest BCUT2D eigenvalue weighted by Crippen LogP contribution is -2.10. The third kappa shape index (κ3) is 5.91. The van der Waals surface area contributed by atoms with Gasteiger partial charge in [0.1, 0.15) is 17.0 Å². The van der Waals surface area contributed by atoms with Gasteiger partial charge in [0.2, 0.25) is 0 Å². The maximum absolute atomic E-state index is 6.92. The molecule has 0 amide bonds. The number of nitrogens with zero attached hydrogens (tertiary/aromatic N) is 2. The van der Waals surface area contributed by atoms with E-state index in [1.807, 2.05) is 0 Å². The van der Waals surface area contributed by atoms with Crippen LogP contribution in [0.15, 0.2) is 156 Å². The molecule has 0 saturated carbocycles. The lowest BCUT2D eigenvalue weighted by molar-refractivity contribution is 0.590. The van der Waals surface area contributed by atoms with Crippen molar-refractivity contribution >= 4 is 54.5 Å². The van der Waals surface area contributed by atoms with Crippen molar-refractivity contribution in [1.82, 2.24) is 9.55 Å². The van der Waals surface area contributed by atoms with Crippen LogP contribution in [0.1, 0.15) is 77.0 Å². The first-order valence-corrected chi connectivity index (χ1v) is 20.7. The summed E-state index contributed by atoms with van der Waals surface area (Å²) in [7, 11) is 0. The Labute approximate surface area is 340 Å². The highest BCUT2D eigenvalue weighted by atomic mass is 16.3. The number of para-hydroxylation sites is 3. The van der Waals surface area contributed by atoms with Crippen LogP contribution in [-0.2, 0) is 5.41 Å². The fourth-order valence-electron chi connectivity index (χ4n) is 8.91. The summed E-state index contributed by atoms with van der Waals surface area (Å²) in [5, 5.41) is 7.08. The SMILES string of the molecule is CC(C)c1cc(-c2ccc(-c3ccc(C(C)(C)C)cc3)cc2)cc(C(C)C)c1-n1c(-c2cccc3c2oc2cc4c(ccc5ccccc54)cc23)nc2ccccc21. The number of rotatable bonds is 6. The number of aromatic nitrogens is 2. The van der Waals surface area contributed by atoms with Crippen molar-refractivity contribution in [3.8, 4) is 39.3 Å². The van der Waals surface area contributed by atoms with E-state index in [1.165, 1.54) is 66.2 Å². The normalized spacial score (nSPS) is 12.4. The predicted octanol–water partition coefficient (Wildman–Crippen LogP) is 15.8. The molecule has 3 heteroatoms. The summed E-state index contributed by atoms with van der Waals surface area (Å²) in [5.74, 6) is 1.40. The van der Waals surface area contributed by atoms with Crippen LogP contribution >= 0.6 is 0 Å². The third-order valence-electron chi connectivity index (χ3n) is 12.1. The van der Waals surface area contributed by atoms with Crippen LogP contribution < -0.4 is 0 Å². The first-order valence-electron chi connectivity index (χ1n) is 20.7. The first kappa shape index (κ1) is 35.9. The van der Waals surface area contributed by atoms with E-state index in [0.717, 1.165) is 44.4 Å². The largest absolute Gasteiger partial charge is 0.455 e. The summed E-state index contributed by atoms with van der Waals surface area (Å²) in [6, 6.07) is 55.5. The number of hydrogen-bond acceptors (Lipinski definition) is 2. The molecule has 0 aliphatic heterocycles. The molecule has 3 nitrogen and oxygen atoms in total. The van der Waals surface area contributed by atoms with Crippen LogP contribution in [0.4, 0.5) is 0 Å². The van der Waals surface area contributed by atoms with E-state index in [9.17, 15) is 0 Å². The Hall–Kier alpha value is -6.45. The Morgan fingerprint density at radius 2 is 1.12 bits per heavy atom. The monoisotopic (exact) mass is 752 g/mol. The number of fused-ring (bicyclic) bond motifs is 7. The molecule has 58 heavy (non-hydrogen) atoms. The molecule has 2 aromatic heterocycles. The minimum Gasteiger partial charge on any atom is -0.455 e. The highest BCUT2D eigenvalue weighted by Crippen LogP contribution is 2.44. The standard InChI is InChI=1S/C55H48N2O/c1-33(2)45-30-40(37-21-19-35(20-22-37)36-25-27-41(28-26-36)55(5,6)7)31-46(34(3)4)52(45)57-50-18-11-10-17-49(50)56-54(57)44-16-12-15-43-48-29-39-24-23-38-13-8-9-14-42(38)47(39)32-51(48)58-53(43)44/h8-34H,1-7H3. The van der Waals surface area contributed by atoms with Gasteiger partial charge < -0.3 is 4.42 Å². The van der Waals surface area contributed by atoms with Gasteiger partial charge in [-0.2, -0.15) is 0 Å². The van der Waals surface area contributed by atoms with E-state index >= 15 is 0 Å². The first-order chi connectivity index (χ1) is 28.0. The quantitative estimate of drug-likeness (QED) is 0.158. The van der Waals surface area contributed by atoms with Crippen molar-refractivity contribution in [2.45, 2.75) is 65.7 Å². The fourth-order valence-corrected chi connectivity index (χ4v) is 8.91. The van der Waals surface area contributed by atoms with Gasteiger partial charge in [-0.3, -0.25) is 4.57 Å². The summed E-state index contributed by atoms with van der Waals surface area (Å²) in [6.07, 6.45) is 0. The van der Waals surface area contributed by atoms with Gasteiger partial charge in [0, 0.05) is 10.8 Å². The Balaban J connectivity index is 1.15. The zero-order valence-electron chi connectivity index (χ0n) is 34.4. The second-order valence-corrected chi connectivity index (χ2v) is 17.6. The Morgan fingerprint density at radius 1 is 0.517 bits per heavy atom.